The molecule has 3 saturated carbocycles. The number of carbonyl (C=O) groups is 2. The molecule has 0 saturated heterocycles. The molecule has 0 bridgehead atoms. The lowest BCUT2D eigenvalue weighted by Gasteiger charge is -2.58. The smallest absolute Gasteiger partial charge is 0.303 e. The van der Waals surface area contributed by atoms with Crippen LogP contribution in [0.4, 0.5) is 5.69 Å². The van der Waals surface area contributed by atoms with Gasteiger partial charge in [0.15, 0.2) is 6.29 Å². The second-order valence-corrected chi connectivity index (χ2v) is 15.2. The van der Waals surface area contributed by atoms with E-state index < -0.39 is 35.4 Å². The summed E-state index contributed by atoms with van der Waals surface area (Å²) < 4.78 is 23.1. The Kier molecular flexibility index (Phi) is 10.3. The molecule has 1 aliphatic heterocycles. The van der Waals surface area contributed by atoms with Crippen molar-refractivity contribution in [3.63, 3.8) is 0 Å². The van der Waals surface area contributed by atoms with Crippen LogP contribution in [-0.2, 0) is 40.0 Å². The lowest BCUT2D eigenvalue weighted by atomic mass is 9.47. The fourth-order valence-corrected chi connectivity index (χ4v) is 9.94. The van der Waals surface area contributed by atoms with Gasteiger partial charge in [-0.2, -0.15) is 0 Å². The first-order chi connectivity index (χ1) is 23.4. The zero-order chi connectivity index (χ0) is 34.9. The van der Waals surface area contributed by atoms with E-state index >= 15 is 0 Å². The van der Waals surface area contributed by atoms with Crippen LogP contribution in [0.5, 0.6) is 0 Å². The SMILES string of the molecule is CC(=O)OC[C@H]1OC(OC2CC[C@@]3(C)C(=CCC4C3CC[C@@]3(C)C4CC[C@@H]3/C(C)=N/OCc3ccc([N+](=O)[O-])cc3)C2)C=C[C@@H]1OC(C)=O. The number of benzene rings is 1. The van der Waals surface area contributed by atoms with E-state index in [4.69, 9.17) is 23.8 Å². The van der Waals surface area contributed by atoms with Crippen LogP contribution in [0.1, 0.15) is 91.5 Å². The Labute approximate surface area is 288 Å². The van der Waals surface area contributed by atoms with Gasteiger partial charge in [-0.1, -0.05) is 30.7 Å². The number of esters is 2. The van der Waals surface area contributed by atoms with E-state index in [0.717, 1.165) is 43.4 Å². The van der Waals surface area contributed by atoms with Gasteiger partial charge in [-0.05, 0) is 117 Å². The van der Waals surface area contributed by atoms with Crippen molar-refractivity contribution in [3.05, 3.63) is 63.7 Å². The third-order valence-corrected chi connectivity index (χ3v) is 12.4. The van der Waals surface area contributed by atoms with Crippen molar-refractivity contribution in [2.45, 2.75) is 117 Å². The van der Waals surface area contributed by atoms with Crippen molar-refractivity contribution in [2.75, 3.05) is 6.61 Å². The Morgan fingerprint density at radius 3 is 2.49 bits per heavy atom. The second kappa shape index (κ2) is 14.3. The van der Waals surface area contributed by atoms with E-state index in [2.05, 4.69) is 32.0 Å². The molecule has 5 unspecified atom stereocenters. The maximum atomic E-state index is 11.6. The largest absolute Gasteiger partial charge is 0.463 e. The number of non-ortho nitro benzene ring substituents is 1. The van der Waals surface area contributed by atoms with Crippen molar-refractivity contribution >= 4 is 23.3 Å². The first kappa shape index (κ1) is 35.3. The molecule has 1 aromatic rings. The van der Waals surface area contributed by atoms with Gasteiger partial charge in [0, 0.05) is 31.9 Å². The summed E-state index contributed by atoms with van der Waals surface area (Å²) in [6.07, 6.45) is 12.9. The number of ether oxygens (including phenoxy) is 4. The summed E-state index contributed by atoms with van der Waals surface area (Å²) >= 11 is 0. The maximum Gasteiger partial charge on any atom is 0.303 e. The molecule has 0 amide bonds. The molecule has 10 atom stereocenters. The van der Waals surface area contributed by atoms with Crippen molar-refractivity contribution in [1.29, 1.82) is 0 Å². The van der Waals surface area contributed by atoms with Crippen LogP contribution >= 0.6 is 0 Å². The minimum Gasteiger partial charge on any atom is -0.463 e. The molecule has 0 spiro atoms. The quantitative estimate of drug-likeness (QED) is 0.0826. The summed E-state index contributed by atoms with van der Waals surface area (Å²) in [6.45, 7) is 10.0. The Balaban J connectivity index is 1.07. The molecule has 11 heteroatoms. The summed E-state index contributed by atoms with van der Waals surface area (Å²) in [7, 11) is 0. The van der Waals surface area contributed by atoms with Gasteiger partial charge in [0.2, 0.25) is 0 Å². The number of carbonyl (C=O) groups excluding carboxylic acids is 2. The van der Waals surface area contributed by atoms with Crippen LogP contribution in [-0.4, -0.2) is 53.8 Å². The standard InChI is InChI=1S/C38H50N2O9/c1-23(39-46-21-26-6-9-28(10-7-26)40(43)44)31-12-13-32-30-11-8-27-20-29(16-18-37(27,4)33(30)17-19-38(31,32)5)48-36-15-14-34(47-25(3)42)35(49-36)22-45-24(2)41/h6-10,14-15,29-36H,11-13,16-22H2,1-5H3/b39-23+/t29?,30?,31-,32?,33?,34+,35-,36?,37+,38-/m1/s1. The summed E-state index contributed by atoms with van der Waals surface area (Å²) in [5.74, 6) is 1.46. The van der Waals surface area contributed by atoms with Crippen LogP contribution in [0.25, 0.3) is 0 Å². The first-order valence-electron chi connectivity index (χ1n) is 17.8. The topological polar surface area (TPSA) is 136 Å². The van der Waals surface area contributed by atoms with Gasteiger partial charge in [-0.3, -0.25) is 19.7 Å². The monoisotopic (exact) mass is 678 g/mol. The normalized spacial score (nSPS) is 36.8. The number of fused-ring (bicyclic) bond motifs is 5. The molecule has 0 N–H and O–H groups in total. The lowest BCUT2D eigenvalue weighted by molar-refractivity contribution is -0.384. The zero-order valence-corrected chi connectivity index (χ0v) is 29.3. The van der Waals surface area contributed by atoms with Gasteiger partial charge in [0.1, 0.15) is 25.4 Å². The van der Waals surface area contributed by atoms with Crippen molar-refractivity contribution in [1.82, 2.24) is 0 Å². The molecule has 6 rings (SSSR count). The molecule has 5 aliphatic rings. The number of nitro groups is 1. The highest BCUT2D eigenvalue weighted by Crippen LogP contribution is 2.66. The van der Waals surface area contributed by atoms with E-state index in [1.54, 1.807) is 24.3 Å². The fourth-order valence-electron chi connectivity index (χ4n) is 9.94. The predicted octanol–water partition coefficient (Wildman–Crippen LogP) is 7.23. The van der Waals surface area contributed by atoms with Gasteiger partial charge in [-0.25, -0.2) is 0 Å². The minimum absolute atomic E-state index is 0.0137. The molecular formula is C38H50N2O9. The van der Waals surface area contributed by atoms with E-state index in [1.165, 1.54) is 50.8 Å². The number of nitro benzene ring substituents is 1. The molecule has 11 nitrogen and oxygen atoms in total. The summed E-state index contributed by atoms with van der Waals surface area (Å²) in [6, 6.07) is 6.43. The van der Waals surface area contributed by atoms with Crippen LogP contribution in [0.3, 0.4) is 0 Å². The van der Waals surface area contributed by atoms with Crippen LogP contribution in [0.2, 0.25) is 0 Å². The van der Waals surface area contributed by atoms with Gasteiger partial charge in [0.25, 0.3) is 5.69 Å². The summed E-state index contributed by atoms with van der Waals surface area (Å²) in [4.78, 5) is 39.4. The van der Waals surface area contributed by atoms with Crippen LogP contribution < -0.4 is 0 Å². The van der Waals surface area contributed by atoms with Gasteiger partial charge in [0.05, 0.1) is 16.7 Å². The molecule has 1 aromatic carbocycles. The average molecular weight is 679 g/mol. The molecule has 266 valence electrons. The summed E-state index contributed by atoms with van der Waals surface area (Å²) in [5.41, 5.74) is 3.82. The third kappa shape index (κ3) is 7.33. The van der Waals surface area contributed by atoms with E-state index in [0.29, 0.717) is 23.7 Å². The Morgan fingerprint density at radius 2 is 1.78 bits per heavy atom. The van der Waals surface area contributed by atoms with E-state index in [9.17, 15) is 19.7 Å². The number of rotatable bonds is 10. The molecule has 0 radical (unpaired) electrons. The number of hydrogen-bond acceptors (Lipinski definition) is 10. The molecule has 49 heavy (non-hydrogen) atoms. The van der Waals surface area contributed by atoms with Crippen molar-refractivity contribution in [3.8, 4) is 0 Å². The van der Waals surface area contributed by atoms with Crippen molar-refractivity contribution in [2.24, 2.45) is 39.7 Å². The second-order valence-electron chi connectivity index (χ2n) is 15.2. The fraction of sp³-hybridized carbons (Fsp3) is 0.658. The molecular weight excluding hydrogens is 628 g/mol. The number of nitrogens with zero attached hydrogens (tertiary/aromatic N) is 2. The third-order valence-electron chi connectivity index (χ3n) is 12.4. The van der Waals surface area contributed by atoms with E-state index in [-0.39, 0.29) is 35.8 Å². The van der Waals surface area contributed by atoms with E-state index in [1.807, 2.05) is 0 Å². The highest BCUT2D eigenvalue weighted by atomic mass is 16.7. The van der Waals surface area contributed by atoms with Crippen LogP contribution in [0, 0.1) is 44.6 Å². The first-order valence-corrected chi connectivity index (χ1v) is 17.8. The Bertz CT molecular complexity index is 1500. The number of hydrogen-bond donors (Lipinski definition) is 0. The lowest BCUT2D eigenvalue weighted by Crippen LogP contribution is -2.51. The summed E-state index contributed by atoms with van der Waals surface area (Å²) in [5, 5.41) is 15.5. The Hall–Kier alpha value is -3.57. The number of allylic oxidation sites excluding steroid dienone is 1. The van der Waals surface area contributed by atoms with Crippen LogP contribution in [0.15, 0.2) is 53.2 Å². The molecule has 3 fully saturated rings. The minimum atomic E-state index is -0.637. The molecule has 0 aromatic heterocycles. The van der Waals surface area contributed by atoms with Crippen molar-refractivity contribution < 1.29 is 38.3 Å². The maximum absolute atomic E-state index is 11.6. The molecule has 4 aliphatic carbocycles. The average Bonchev–Trinajstić information content (AvgIpc) is 3.42. The predicted molar refractivity (Wildman–Crippen MR) is 181 cm³/mol. The van der Waals surface area contributed by atoms with Gasteiger partial charge in [-0.15, -0.1) is 0 Å². The Morgan fingerprint density at radius 1 is 1.00 bits per heavy atom. The highest BCUT2D eigenvalue weighted by molar-refractivity contribution is 5.85. The van der Waals surface area contributed by atoms with Gasteiger partial charge >= 0.3 is 11.9 Å². The highest BCUT2D eigenvalue weighted by Gasteiger charge is 2.59. The molecule has 1 heterocycles. The van der Waals surface area contributed by atoms with Gasteiger partial charge < -0.3 is 23.8 Å². The zero-order valence-electron chi connectivity index (χ0n) is 29.3. The number of oxime groups is 1.